The molecule has 0 saturated carbocycles. The molecule has 1 amide bonds. The van der Waals surface area contributed by atoms with Gasteiger partial charge in [0.1, 0.15) is 5.54 Å². The molecule has 0 bridgehead atoms. The number of carbonyl (C=O) groups is 1. The van der Waals surface area contributed by atoms with Crippen molar-refractivity contribution in [2.24, 2.45) is 5.73 Å². The lowest BCUT2D eigenvalue weighted by molar-refractivity contribution is -0.123. The maximum Gasteiger partial charge on any atom is 0.251 e. The van der Waals surface area contributed by atoms with Crippen LogP contribution in [0.4, 0.5) is 5.69 Å². The summed E-state index contributed by atoms with van der Waals surface area (Å²) >= 11 is 0. The van der Waals surface area contributed by atoms with E-state index >= 15 is 0 Å². The predicted molar refractivity (Wildman–Crippen MR) is 82.6 cm³/mol. The highest BCUT2D eigenvalue weighted by atomic mass is 16.2. The SMILES string of the molecule is Cc1cccc(N(C)C(=O)C(C)(N)c2ccccc2)c1. The summed E-state index contributed by atoms with van der Waals surface area (Å²) in [7, 11) is 1.76. The number of anilines is 1. The molecule has 0 aliphatic carbocycles. The lowest BCUT2D eigenvalue weighted by Crippen LogP contribution is -2.49. The minimum Gasteiger partial charge on any atom is -0.314 e. The van der Waals surface area contributed by atoms with Crippen LogP contribution in [0.25, 0.3) is 0 Å². The number of aryl methyl sites for hydroxylation is 1. The van der Waals surface area contributed by atoms with Crippen LogP contribution < -0.4 is 10.6 Å². The highest BCUT2D eigenvalue weighted by Gasteiger charge is 2.33. The van der Waals surface area contributed by atoms with E-state index in [2.05, 4.69) is 0 Å². The number of nitrogens with two attached hydrogens (primary N) is 1. The molecule has 3 nitrogen and oxygen atoms in total. The van der Waals surface area contributed by atoms with E-state index in [-0.39, 0.29) is 5.91 Å². The second-order valence-corrected chi connectivity index (χ2v) is 5.27. The van der Waals surface area contributed by atoms with Gasteiger partial charge < -0.3 is 10.6 Å². The molecule has 2 rings (SSSR count). The summed E-state index contributed by atoms with van der Waals surface area (Å²) in [5.74, 6) is -0.130. The topological polar surface area (TPSA) is 46.3 Å². The standard InChI is InChI=1S/C17H20N2O/c1-13-8-7-11-15(12-13)19(3)16(20)17(2,18)14-9-5-4-6-10-14/h4-12H,18H2,1-3H3. The number of hydrogen-bond donors (Lipinski definition) is 1. The third-order valence-electron chi connectivity index (χ3n) is 3.51. The van der Waals surface area contributed by atoms with Crippen LogP contribution in [-0.4, -0.2) is 13.0 Å². The van der Waals surface area contributed by atoms with Gasteiger partial charge in [-0.25, -0.2) is 0 Å². The molecule has 0 spiro atoms. The fraction of sp³-hybridized carbons (Fsp3) is 0.235. The van der Waals surface area contributed by atoms with Gasteiger partial charge in [-0.15, -0.1) is 0 Å². The number of nitrogens with zero attached hydrogens (tertiary/aromatic N) is 1. The molecule has 0 radical (unpaired) electrons. The van der Waals surface area contributed by atoms with Crippen LogP contribution in [0.2, 0.25) is 0 Å². The van der Waals surface area contributed by atoms with Crippen LogP contribution in [0.1, 0.15) is 18.1 Å². The van der Waals surface area contributed by atoms with Crippen LogP contribution in [0.15, 0.2) is 54.6 Å². The summed E-state index contributed by atoms with van der Waals surface area (Å²) in [4.78, 5) is 14.3. The van der Waals surface area contributed by atoms with Gasteiger partial charge in [-0.2, -0.15) is 0 Å². The van der Waals surface area contributed by atoms with Crippen molar-refractivity contribution in [2.45, 2.75) is 19.4 Å². The smallest absolute Gasteiger partial charge is 0.251 e. The summed E-state index contributed by atoms with van der Waals surface area (Å²) < 4.78 is 0. The van der Waals surface area contributed by atoms with Crippen molar-refractivity contribution in [2.75, 3.05) is 11.9 Å². The van der Waals surface area contributed by atoms with Crippen LogP contribution in [-0.2, 0) is 10.3 Å². The third kappa shape index (κ3) is 2.73. The van der Waals surface area contributed by atoms with Crippen molar-refractivity contribution in [3.63, 3.8) is 0 Å². The second kappa shape index (κ2) is 5.47. The summed E-state index contributed by atoms with van der Waals surface area (Å²) in [6.45, 7) is 3.75. The Labute approximate surface area is 120 Å². The molecule has 0 heterocycles. The minimum atomic E-state index is -1.04. The molecule has 104 valence electrons. The van der Waals surface area contributed by atoms with Crippen molar-refractivity contribution < 1.29 is 4.79 Å². The van der Waals surface area contributed by atoms with Gasteiger partial charge in [0.05, 0.1) is 0 Å². The Kier molecular flexibility index (Phi) is 3.91. The zero-order valence-corrected chi connectivity index (χ0v) is 12.1. The van der Waals surface area contributed by atoms with Crippen molar-refractivity contribution in [3.8, 4) is 0 Å². The molecule has 1 atom stereocenters. The van der Waals surface area contributed by atoms with Gasteiger partial charge in [-0.05, 0) is 37.1 Å². The summed E-state index contributed by atoms with van der Waals surface area (Å²) in [6.07, 6.45) is 0. The van der Waals surface area contributed by atoms with Gasteiger partial charge in [-0.1, -0.05) is 42.5 Å². The van der Waals surface area contributed by atoms with Gasteiger partial charge in [0.25, 0.3) is 5.91 Å². The lowest BCUT2D eigenvalue weighted by atomic mass is 9.91. The Balaban J connectivity index is 2.31. The highest BCUT2D eigenvalue weighted by molar-refractivity contribution is 6.00. The average molecular weight is 268 g/mol. The number of likely N-dealkylation sites (N-methyl/N-ethyl adjacent to an activating group) is 1. The monoisotopic (exact) mass is 268 g/mol. The van der Waals surface area contributed by atoms with E-state index in [1.807, 2.05) is 61.5 Å². The number of carbonyl (C=O) groups excluding carboxylic acids is 1. The van der Waals surface area contributed by atoms with E-state index < -0.39 is 5.54 Å². The molecule has 2 aromatic rings. The molecule has 0 aromatic heterocycles. The van der Waals surface area contributed by atoms with E-state index in [1.54, 1.807) is 18.9 Å². The van der Waals surface area contributed by atoms with Crippen molar-refractivity contribution in [1.82, 2.24) is 0 Å². The number of amides is 1. The fourth-order valence-electron chi connectivity index (χ4n) is 2.21. The second-order valence-electron chi connectivity index (χ2n) is 5.27. The molecular formula is C17H20N2O. The van der Waals surface area contributed by atoms with Crippen molar-refractivity contribution >= 4 is 11.6 Å². The van der Waals surface area contributed by atoms with Gasteiger partial charge in [0.15, 0.2) is 0 Å². The quantitative estimate of drug-likeness (QED) is 0.930. The van der Waals surface area contributed by atoms with E-state index in [0.29, 0.717) is 0 Å². The molecule has 0 saturated heterocycles. The molecule has 0 aliphatic rings. The maximum atomic E-state index is 12.7. The minimum absolute atomic E-state index is 0.130. The first-order valence-corrected chi connectivity index (χ1v) is 6.62. The molecule has 2 aromatic carbocycles. The van der Waals surface area contributed by atoms with Gasteiger partial charge in [-0.3, -0.25) is 4.79 Å². The Morgan fingerprint density at radius 3 is 2.35 bits per heavy atom. The molecular weight excluding hydrogens is 248 g/mol. The van der Waals surface area contributed by atoms with E-state index in [0.717, 1.165) is 16.8 Å². The molecule has 20 heavy (non-hydrogen) atoms. The van der Waals surface area contributed by atoms with Crippen LogP contribution in [0.5, 0.6) is 0 Å². The Morgan fingerprint density at radius 2 is 1.75 bits per heavy atom. The van der Waals surface area contributed by atoms with Gasteiger partial charge in [0, 0.05) is 12.7 Å². The summed E-state index contributed by atoms with van der Waals surface area (Å²) in [5.41, 5.74) is 8.00. The van der Waals surface area contributed by atoms with E-state index in [1.165, 1.54) is 0 Å². The first-order valence-electron chi connectivity index (χ1n) is 6.62. The normalized spacial score (nSPS) is 13.6. The summed E-state index contributed by atoms with van der Waals surface area (Å²) in [6, 6.07) is 17.3. The molecule has 0 fully saturated rings. The number of hydrogen-bond acceptors (Lipinski definition) is 2. The number of rotatable bonds is 3. The lowest BCUT2D eigenvalue weighted by Gasteiger charge is -2.29. The predicted octanol–water partition coefficient (Wildman–Crippen LogP) is 2.83. The Morgan fingerprint density at radius 1 is 1.10 bits per heavy atom. The summed E-state index contributed by atoms with van der Waals surface area (Å²) in [5, 5.41) is 0. The number of benzene rings is 2. The largest absolute Gasteiger partial charge is 0.314 e. The third-order valence-corrected chi connectivity index (χ3v) is 3.51. The first kappa shape index (κ1) is 14.3. The maximum absolute atomic E-state index is 12.7. The van der Waals surface area contributed by atoms with Gasteiger partial charge in [0.2, 0.25) is 0 Å². The van der Waals surface area contributed by atoms with Crippen molar-refractivity contribution in [1.29, 1.82) is 0 Å². The average Bonchev–Trinajstić information content (AvgIpc) is 2.46. The van der Waals surface area contributed by atoms with Gasteiger partial charge >= 0.3 is 0 Å². The van der Waals surface area contributed by atoms with Crippen LogP contribution >= 0.6 is 0 Å². The first-order chi connectivity index (χ1) is 9.43. The highest BCUT2D eigenvalue weighted by Crippen LogP contribution is 2.23. The Bertz CT molecular complexity index is 605. The Hall–Kier alpha value is -2.13. The van der Waals surface area contributed by atoms with Crippen molar-refractivity contribution in [3.05, 3.63) is 65.7 Å². The molecule has 2 N–H and O–H groups in total. The zero-order valence-electron chi connectivity index (χ0n) is 12.1. The fourth-order valence-corrected chi connectivity index (χ4v) is 2.21. The van der Waals surface area contributed by atoms with Crippen LogP contribution in [0, 0.1) is 6.92 Å². The molecule has 0 aliphatic heterocycles. The van der Waals surface area contributed by atoms with Crippen LogP contribution in [0.3, 0.4) is 0 Å². The molecule has 1 unspecified atom stereocenters. The van der Waals surface area contributed by atoms with E-state index in [4.69, 9.17) is 5.73 Å². The zero-order chi connectivity index (χ0) is 14.8. The molecule has 3 heteroatoms. The van der Waals surface area contributed by atoms with E-state index in [9.17, 15) is 4.79 Å².